The Morgan fingerprint density at radius 2 is 1.70 bits per heavy atom. The standard InChI is InChI=1S/C15H10N4O/c20-15-12-9-5-4-8-11(12)13-14(16-15)19(18-17-13)10-6-2-1-3-7-10/h1-9,13H. The number of rotatable bonds is 1. The molecule has 0 fully saturated rings. The van der Waals surface area contributed by atoms with Gasteiger partial charge in [0.1, 0.15) is 0 Å². The fourth-order valence-electron chi connectivity index (χ4n) is 2.47. The summed E-state index contributed by atoms with van der Waals surface area (Å²) in [5.74, 6) is 0.333. The van der Waals surface area contributed by atoms with E-state index in [9.17, 15) is 4.79 Å². The van der Waals surface area contributed by atoms with Gasteiger partial charge in [-0.3, -0.25) is 4.79 Å². The summed E-state index contributed by atoms with van der Waals surface area (Å²) in [5, 5.41) is 10.0. The first kappa shape index (κ1) is 11.0. The Hall–Kier alpha value is -2.82. The maximum absolute atomic E-state index is 12.1. The SMILES string of the molecule is O=C1N=C2C(N=NN2c2ccccc2)c2ccccc21. The summed E-state index contributed by atoms with van der Waals surface area (Å²) in [7, 11) is 0. The van der Waals surface area contributed by atoms with Crippen molar-refractivity contribution in [1.82, 2.24) is 0 Å². The average Bonchev–Trinajstić information content (AvgIpc) is 2.92. The molecular weight excluding hydrogens is 252 g/mol. The van der Waals surface area contributed by atoms with Gasteiger partial charge in [0, 0.05) is 5.56 Å². The van der Waals surface area contributed by atoms with Gasteiger partial charge in [-0.2, -0.15) is 15.1 Å². The predicted octanol–water partition coefficient (Wildman–Crippen LogP) is 3.17. The highest BCUT2D eigenvalue weighted by Gasteiger charge is 2.37. The molecular formula is C15H10N4O. The van der Waals surface area contributed by atoms with Crippen molar-refractivity contribution in [2.75, 3.05) is 5.01 Å². The number of benzene rings is 2. The molecule has 5 nitrogen and oxygen atoms in total. The Kier molecular flexibility index (Phi) is 2.26. The van der Waals surface area contributed by atoms with E-state index < -0.39 is 0 Å². The quantitative estimate of drug-likeness (QED) is 0.792. The van der Waals surface area contributed by atoms with Crippen molar-refractivity contribution in [2.24, 2.45) is 15.3 Å². The lowest BCUT2D eigenvalue weighted by atomic mass is 9.97. The van der Waals surface area contributed by atoms with E-state index in [1.807, 2.05) is 48.5 Å². The van der Waals surface area contributed by atoms with Crippen molar-refractivity contribution in [3.8, 4) is 0 Å². The van der Waals surface area contributed by atoms with Gasteiger partial charge in [-0.15, -0.1) is 0 Å². The number of para-hydroxylation sites is 1. The molecule has 0 aliphatic carbocycles. The monoisotopic (exact) mass is 262 g/mol. The van der Waals surface area contributed by atoms with Crippen LogP contribution in [0.1, 0.15) is 22.0 Å². The molecule has 2 aromatic rings. The Morgan fingerprint density at radius 3 is 2.55 bits per heavy atom. The third-order valence-corrected chi connectivity index (χ3v) is 3.42. The molecule has 2 aliphatic heterocycles. The predicted molar refractivity (Wildman–Crippen MR) is 74.7 cm³/mol. The van der Waals surface area contributed by atoms with E-state index in [1.165, 1.54) is 0 Å². The lowest BCUT2D eigenvalue weighted by Crippen LogP contribution is -2.29. The van der Waals surface area contributed by atoms with E-state index in [4.69, 9.17) is 0 Å². The zero-order valence-corrected chi connectivity index (χ0v) is 10.5. The smallest absolute Gasteiger partial charge is 0.267 e. The number of hydrogen-bond acceptors (Lipinski definition) is 4. The molecule has 5 heteroatoms. The van der Waals surface area contributed by atoms with Gasteiger partial charge in [0.05, 0.1) is 5.69 Å². The summed E-state index contributed by atoms with van der Waals surface area (Å²) >= 11 is 0. The summed E-state index contributed by atoms with van der Waals surface area (Å²) in [6.45, 7) is 0. The summed E-state index contributed by atoms with van der Waals surface area (Å²) in [6, 6.07) is 16.7. The molecule has 2 heterocycles. The number of aliphatic imine (C=N–C) groups is 1. The van der Waals surface area contributed by atoms with Crippen molar-refractivity contribution < 1.29 is 4.79 Å². The molecule has 2 aliphatic rings. The first-order valence-corrected chi connectivity index (χ1v) is 6.32. The van der Waals surface area contributed by atoms with Crippen LogP contribution in [0.5, 0.6) is 0 Å². The number of amidine groups is 1. The van der Waals surface area contributed by atoms with Crippen LogP contribution in [0.2, 0.25) is 0 Å². The van der Waals surface area contributed by atoms with Crippen LogP contribution in [-0.2, 0) is 0 Å². The lowest BCUT2D eigenvalue weighted by molar-refractivity contribution is 0.0999. The third-order valence-electron chi connectivity index (χ3n) is 3.42. The second-order valence-corrected chi connectivity index (χ2v) is 4.62. The number of carbonyl (C=O) groups excluding carboxylic acids is 1. The minimum Gasteiger partial charge on any atom is -0.267 e. The van der Waals surface area contributed by atoms with Crippen LogP contribution in [-0.4, -0.2) is 11.7 Å². The van der Waals surface area contributed by atoms with E-state index in [2.05, 4.69) is 15.3 Å². The summed E-state index contributed by atoms with van der Waals surface area (Å²) in [6.07, 6.45) is 0. The molecule has 0 saturated heterocycles. The second kappa shape index (κ2) is 4.09. The van der Waals surface area contributed by atoms with E-state index in [0.29, 0.717) is 11.4 Å². The largest absolute Gasteiger partial charge is 0.279 e. The van der Waals surface area contributed by atoms with Crippen LogP contribution in [0.4, 0.5) is 5.69 Å². The number of hydrogen-bond donors (Lipinski definition) is 0. The summed E-state index contributed by atoms with van der Waals surface area (Å²) in [5.41, 5.74) is 2.32. The van der Waals surface area contributed by atoms with Gasteiger partial charge in [0.15, 0.2) is 11.9 Å². The van der Waals surface area contributed by atoms with Crippen LogP contribution in [0, 0.1) is 0 Å². The molecule has 1 atom stereocenters. The fourth-order valence-corrected chi connectivity index (χ4v) is 2.47. The van der Waals surface area contributed by atoms with Gasteiger partial charge >= 0.3 is 0 Å². The highest BCUT2D eigenvalue weighted by molar-refractivity contribution is 6.15. The van der Waals surface area contributed by atoms with Gasteiger partial charge in [0.25, 0.3) is 5.91 Å². The van der Waals surface area contributed by atoms with Gasteiger partial charge in [0.2, 0.25) is 0 Å². The zero-order chi connectivity index (χ0) is 13.5. The maximum atomic E-state index is 12.1. The topological polar surface area (TPSA) is 57.4 Å². The first-order chi connectivity index (χ1) is 9.84. The van der Waals surface area contributed by atoms with Crippen molar-refractivity contribution in [3.05, 3.63) is 65.7 Å². The fraction of sp³-hybridized carbons (Fsp3) is 0.0667. The van der Waals surface area contributed by atoms with Crippen LogP contribution in [0.15, 0.2) is 69.9 Å². The Morgan fingerprint density at radius 1 is 0.950 bits per heavy atom. The van der Waals surface area contributed by atoms with E-state index in [0.717, 1.165) is 11.3 Å². The molecule has 0 aromatic heterocycles. The van der Waals surface area contributed by atoms with E-state index in [-0.39, 0.29) is 11.9 Å². The third kappa shape index (κ3) is 1.50. The molecule has 4 rings (SSSR count). The maximum Gasteiger partial charge on any atom is 0.279 e. The van der Waals surface area contributed by atoms with Gasteiger partial charge < -0.3 is 0 Å². The van der Waals surface area contributed by atoms with Gasteiger partial charge in [-0.25, -0.2) is 0 Å². The van der Waals surface area contributed by atoms with Crippen LogP contribution in [0.3, 0.4) is 0 Å². The van der Waals surface area contributed by atoms with Crippen molar-refractivity contribution in [1.29, 1.82) is 0 Å². The van der Waals surface area contributed by atoms with Gasteiger partial charge in [-0.1, -0.05) is 41.6 Å². The molecule has 0 bridgehead atoms. The Balaban J connectivity index is 1.82. The zero-order valence-electron chi connectivity index (χ0n) is 10.5. The van der Waals surface area contributed by atoms with E-state index in [1.54, 1.807) is 11.1 Å². The number of anilines is 1. The summed E-state index contributed by atoms with van der Waals surface area (Å²) < 4.78 is 0. The number of carbonyl (C=O) groups is 1. The lowest BCUT2D eigenvalue weighted by Gasteiger charge is -2.20. The molecule has 96 valence electrons. The molecule has 1 unspecified atom stereocenters. The Bertz CT molecular complexity index is 751. The Labute approximate surface area is 115 Å². The van der Waals surface area contributed by atoms with Crippen LogP contribution < -0.4 is 5.01 Å². The van der Waals surface area contributed by atoms with Crippen LogP contribution >= 0.6 is 0 Å². The average molecular weight is 262 g/mol. The highest BCUT2D eigenvalue weighted by Crippen LogP contribution is 2.36. The molecule has 0 N–H and O–H groups in total. The molecule has 0 saturated carbocycles. The number of fused-ring (bicyclic) bond motifs is 3. The first-order valence-electron chi connectivity index (χ1n) is 6.32. The van der Waals surface area contributed by atoms with Gasteiger partial charge in [-0.05, 0) is 23.8 Å². The minimum absolute atomic E-state index is 0.236. The summed E-state index contributed by atoms with van der Waals surface area (Å²) in [4.78, 5) is 16.3. The molecule has 20 heavy (non-hydrogen) atoms. The molecule has 0 spiro atoms. The minimum atomic E-state index is -0.288. The van der Waals surface area contributed by atoms with Crippen molar-refractivity contribution in [3.63, 3.8) is 0 Å². The highest BCUT2D eigenvalue weighted by atomic mass is 16.1. The number of nitrogens with zero attached hydrogens (tertiary/aromatic N) is 4. The van der Waals surface area contributed by atoms with Crippen molar-refractivity contribution >= 4 is 17.4 Å². The van der Waals surface area contributed by atoms with Crippen LogP contribution in [0.25, 0.3) is 0 Å². The second-order valence-electron chi connectivity index (χ2n) is 4.62. The number of amides is 1. The molecule has 2 aromatic carbocycles. The molecule has 1 amide bonds. The normalized spacial score (nSPS) is 19.6. The van der Waals surface area contributed by atoms with Crippen molar-refractivity contribution in [2.45, 2.75) is 6.04 Å². The van der Waals surface area contributed by atoms with E-state index >= 15 is 0 Å². The molecule has 0 radical (unpaired) electrons.